The predicted octanol–water partition coefficient (Wildman–Crippen LogP) is 2.37. The summed E-state index contributed by atoms with van der Waals surface area (Å²) in [5.41, 5.74) is 1.52. The second-order valence-corrected chi connectivity index (χ2v) is 5.82. The van der Waals surface area contributed by atoms with Crippen molar-refractivity contribution in [3.05, 3.63) is 59.9 Å². The first kappa shape index (κ1) is 17.0. The normalized spacial score (nSPS) is 14.3. The van der Waals surface area contributed by atoms with Gasteiger partial charge in [-0.3, -0.25) is 9.59 Å². The summed E-state index contributed by atoms with van der Waals surface area (Å²) < 4.78 is 18.5. The lowest BCUT2D eigenvalue weighted by molar-refractivity contribution is -0.133. The standard InChI is InChI=1S/C19H19FN2O3/c20-16-3-5-17(6-4-16)21-9-11-22(12-10-21)19(24)14-25-18-7-1-15(13-23)2-8-18/h1-8,13H,9-12,14H2. The van der Waals surface area contributed by atoms with Gasteiger partial charge in [-0.2, -0.15) is 0 Å². The van der Waals surface area contributed by atoms with Crippen molar-refractivity contribution in [3.8, 4) is 5.75 Å². The summed E-state index contributed by atoms with van der Waals surface area (Å²) in [6.45, 7) is 2.57. The number of hydrogen-bond donors (Lipinski definition) is 0. The fourth-order valence-electron chi connectivity index (χ4n) is 2.74. The van der Waals surface area contributed by atoms with E-state index in [2.05, 4.69) is 4.90 Å². The first-order valence-electron chi connectivity index (χ1n) is 8.12. The minimum absolute atomic E-state index is 0.0308. The van der Waals surface area contributed by atoms with E-state index in [4.69, 9.17) is 4.74 Å². The predicted molar refractivity (Wildman–Crippen MR) is 92.5 cm³/mol. The zero-order chi connectivity index (χ0) is 17.6. The monoisotopic (exact) mass is 342 g/mol. The number of ether oxygens (including phenoxy) is 1. The molecule has 0 spiro atoms. The molecule has 2 aromatic carbocycles. The molecule has 3 rings (SSSR count). The Hall–Kier alpha value is -2.89. The van der Waals surface area contributed by atoms with E-state index >= 15 is 0 Å². The van der Waals surface area contributed by atoms with E-state index in [-0.39, 0.29) is 18.3 Å². The Labute approximate surface area is 145 Å². The molecule has 0 aliphatic carbocycles. The summed E-state index contributed by atoms with van der Waals surface area (Å²) in [5.74, 6) is 0.234. The van der Waals surface area contributed by atoms with Crippen molar-refractivity contribution in [2.45, 2.75) is 0 Å². The molecule has 0 N–H and O–H groups in total. The van der Waals surface area contributed by atoms with Gasteiger partial charge >= 0.3 is 0 Å². The highest BCUT2D eigenvalue weighted by Crippen LogP contribution is 2.17. The maximum Gasteiger partial charge on any atom is 0.260 e. The maximum atomic E-state index is 13.0. The summed E-state index contributed by atoms with van der Waals surface area (Å²) >= 11 is 0. The molecule has 1 aliphatic heterocycles. The molecule has 1 saturated heterocycles. The van der Waals surface area contributed by atoms with Gasteiger partial charge in [0.2, 0.25) is 0 Å². The van der Waals surface area contributed by atoms with Gasteiger partial charge in [-0.25, -0.2) is 4.39 Å². The van der Waals surface area contributed by atoms with Crippen LogP contribution in [0.1, 0.15) is 10.4 Å². The minimum atomic E-state index is -0.254. The molecule has 1 fully saturated rings. The van der Waals surface area contributed by atoms with Gasteiger partial charge in [0.05, 0.1) is 0 Å². The van der Waals surface area contributed by atoms with Crippen LogP contribution in [-0.2, 0) is 4.79 Å². The van der Waals surface area contributed by atoms with Gasteiger partial charge in [-0.15, -0.1) is 0 Å². The smallest absolute Gasteiger partial charge is 0.260 e. The average Bonchev–Trinajstić information content (AvgIpc) is 2.67. The number of halogens is 1. The second kappa shape index (κ2) is 7.79. The van der Waals surface area contributed by atoms with Gasteiger partial charge in [0, 0.05) is 37.4 Å². The van der Waals surface area contributed by atoms with E-state index in [1.54, 1.807) is 41.3 Å². The Balaban J connectivity index is 1.47. The van der Waals surface area contributed by atoms with Crippen molar-refractivity contribution >= 4 is 17.9 Å². The molecule has 25 heavy (non-hydrogen) atoms. The molecule has 1 amide bonds. The van der Waals surface area contributed by atoms with Crippen molar-refractivity contribution < 1.29 is 18.7 Å². The van der Waals surface area contributed by atoms with E-state index in [0.29, 0.717) is 37.5 Å². The molecule has 0 unspecified atom stereocenters. The molecular weight excluding hydrogens is 323 g/mol. The third kappa shape index (κ3) is 4.35. The van der Waals surface area contributed by atoms with Gasteiger partial charge in [0.25, 0.3) is 5.91 Å². The van der Waals surface area contributed by atoms with Crippen LogP contribution in [0.4, 0.5) is 10.1 Å². The number of carbonyl (C=O) groups excluding carboxylic acids is 2. The summed E-state index contributed by atoms with van der Waals surface area (Å²) in [4.78, 5) is 26.8. The van der Waals surface area contributed by atoms with Gasteiger partial charge in [-0.05, 0) is 48.5 Å². The van der Waals surface area contributed by atoms with Crippen molar-refractivity contribution in [2.24, 2.45) is 0 Å². The molecule has 1 heterocycles. The van der Waals surface area contributed by atoms with Crippen molar-refractivity contribution in [1.29, 1.82) is 0 Å². The van der Waals surface area contributed by atoms with Crippen LogP contribution in [0.2, 0.25) is 0 Å². The molecular formula is C19H19FN2O3. The van der Waals surface area contributed by atoms with E-state index in [1.165, 1.54) is 12.1 Å². The fraction of sp³-hybridized carbons (Fsp3) is 0.263. The van der Waals surface area contributed by atoms with Crippen molar-refractivity contribution in [3.63, 3.8) is 0 Å². The Morgan fingerprint density at radius 1 is 1.00 bits per heavy atom. The van der Waals surface area contributed by atoms with Crippen LogP contribution in [0.5, 0.6) is 5.75 Å². The van der Waals surface area contributed by atoms with E-state index < -0.39 is 0 Å². The quantitative estimate of drug-likeness (QED) is 0.783. The molecule has 0 atom stereocenters. The molecule has 0 aromatic heterocycles. The Morgan fingerprint density at radius 3 is 2.24 bits per heavy atom. The number of hydrogen-bond acceptors (Lipinski definition) is 4. The van der Waals surface area contributed by atoms with Gasteiger partial charge in [-0.1, -0.05) is 0 Å². The summed E-state index contributed by atoms with van der Waals surface area (Å²) in [7, 11) is 0. The SMILES string of the molecule is O=Cc1ccc(OCC(=O)N2CCN(c3ccc(F)cc3)CC2)cc1. The number of carbonyl (C=O) groups is 2. The Kier molecular flexibility index (Phi) is 5.28. The van der Waals surface area contributed by atoms with Crippen LogP contribution in [0.15, 0.2) is 48.5 Å². The molecule has 130 valence electrons. The number of nitrogens with zero attached hydrogens (tertiary/aromatic N) is 2. The van der Waals surface area contributed by atoms with Crippen LogP contribution in [-0.4, -0.2) is 49.9 Å². The molecule has 0 radical (unpaired) electrons. The second-order valence-electron chi connectivity index (χ2n) is 5.82. The molecule has 6 heteroatoms. The highest BCUT2D eigenvalue weighted by molar-refractivity contribution is 5.78. The van der Waals surface area contributed by atoms with E-state index in [9.17, 15) is 14.0 Å². The van der Waals surface area contributed by atoms with Crippen LogP contribution in [0.25, 0.3) is 0 Å². The van der Waals surface area contributed by atoms with Crippen LogP contribution in [0.3, 0.4) is 0 Å². The van der Waals surface area contributed by atoms with Crippen LogP contribution in [0, 0.1) is 5.82 Å². The van der Waals surface area contributed by atoms with Crippen LogP contribution < -0.4 is 9.64 Å². The topological polar surface area (TPSA) is 49.9 Å². The van der Waals surface area contributed by atoms with E-state index in [1.807, 2.05) is 0 Å². The molecule has 2 aromatic rings. The average molecular weight is 342 g/mol. The highest BCUT2D eigenvalue weighted by atomic mass is 19.1. The lowest BCUT2D eigenvalue weighted by atomic mass is 10.2. The Bertz CT molecular complexity index is 723. The van der Waals surface area contributed by atoms with Gasteiger partial charge in [0.1, 0.15) is 17.9 Å². The molecule has 0 bridgehead atoms. The lowest BCUT2D eigenvalue weighted by Gasteiger charge is -2.36. The number of aldehydes is 1. The minimum Gasteiger partial charge on any atom is -0.484 e. The highest BCUT2D eigenvalue weighted by Gasteiger charge is 2.21. The maximum absolute atomic E-state index is 13.0. The van der Waals surface area contributed by atoms with Gasteiger partial charge < -0.3 is 14.5 Å². The number of piperazine rings is 1. The third-order valence-electron chi connectivity index (χ3n) is 4.20. The summed E-state index contributed by atoms with van der Waals surface area (Å²) in [6, 6.07) is 13.0. The fourth-order valence-corrected chi connectivity index (χ4v) is 2.74. The number of anilines is 1. The van der Waals surface area contributed by atoms with Crippen molar-refractivity contribution in [1.82, 2.24) is 4.90 Å². The largest absolute Gasteiger partial charge is 0.484 e. The first-order valence-corrected chi connectivity index (χ1v) is 8.12. The van der Waals surface area contributed by atoms with Crippen LogP contribution >= 0.6 is 0 Å². The third-order valence-corrected chi connectivity index (χ3v) is 4.20. The van der Waals surface area contributed by atoms with Crippen molar-refractivity contribution in [2.75, 3.05) is 37.7 Å². The zero-order valence-corrected chi connectivity index (χ0v) is 13.7. The first-order chi connectivity index (χ1) is 12.2. The molecule has 5 nitrogen and oxygen atoms in total. The van der Waals surface area contributed by atoms with E-state index in [0.717, 1.165) is 12.0 Å². The number of amides is 1. The summed E-state index contributed by atoms with van der Waals surface area (Å²) in [6.07, 6.45) is 0.759. The Morgan fingerprint density at radius 2 is 1.64 bits per heavy atom. The summed E-state index contributed by atoms with van der Waals surface area (Å²) in [5, 5.41) is 0. The zero-order valence-electron chi connectivity index (χ0n) is 13.7. The number of rotatable bonds is 5. The molecule has 0 saturated carbocycles. The van der Waals surface area contributed by atoms with Gasteiger partial charge in [0.15, 0.2) is 6.61 Å². The number of benzene rings is 2. The lowest BCUT2D eigenvalue weighted by Crippen LogP contribution is -2.50. The molecule has 1 aliphatic rings.